The van der Waals surface area contributed by atoms with Crippen molar-refractivity contribution in [1.82, 2.24) is 10.6 Å². The topological polar surface area (TPSA) is 84.2 Å². The van der Waals surface area contributed by atoms with Gasteiger partial charge in [0.1, 0.15) is 0 Å². The van der Waals surface area contributed by atoms with Crippen LogP contribution in [0.5, 0.6) is 0 Å². The first-order valence-electron chi connectivity index (χ1n) is 6.54. The van der Waals surface area contributed by atoms with E-state index in [4.69, 9.17) is 5.73 Å². The molecule has 1 atom stereocenters. The van der Waals surface area contributed by atoms with Gasteiger partial charge in [0.2, 0.25) is 11.8 Å². The number of carbonyl (C=O) groups is 2. The first kappa shape index (κ1) is 13.4. The van der Waals surface area contributed by atoms with Crippen molar-refractivity contribution in [3.05, 3.63) is 29.8 Å². The predicted molar refractivity (Wildman–Crippen MR) is 73.3 cm³/mol. The Morgan fingerprint density at radius 3 is 2.74 bits per heavy atom. The van der Waals surface area contributed by atoms with Crippen LogP contribution in [0.4, 0.5) is 5.69 Å². The number of anilines is 1. The minimum Gasteiger partial charge on any atom is -0.399 e. The van der Waals surface area contributed by atoms with Crippen LogP contribution in [-0.2, 0) is 16.0 Å². The van der Waals surface area contributed by atoms with Gasteiger partial charge in [-0.05, 0) is 30.5 Å². The average molecular weight is 261 g/mol. The quantitative estimate of drug-likeness (QED) is 0.688. The van der Waals surface area contributed by atoms with Gasteiger partial charge >= 0.3 is 0 Å². The molecule has 2 rings (SSSR count). The van der Waals surface area contributed by atoms with Crippen LogP contribution in [0.25, 0.3) is 0 Å². The summed E-state index contributed by atoms with van der Waals surface area (Å²) in [6, 6.07) is 7.63. The number of amides is 2. The summed E-state index contributed by atoms with van der Waals surface area (Å²) in [5, 5.41) is 5.62. The minimum absolute atomic E-state index is 0.0236. The van der Waals surface area contributed by atoms with Gasteiger partial charge in [-0.3, -0.25) is 9.59 Å². The molecule has 4 N–H and O–H groups in total. The number of piperidine rings is 1. The van der Waals surface area contributed by atoms with Gasteiger partial charge in [-0.2, -0.15) is 0 Å². The molecule has 1 aliphatic heterocycles. The van der Waals surface area contributed by atoms with Crippen molar-refractivity contribution >= 4 is 17.5 Å². The number of benzene rings is 1. The lowest BCUT2D eigenvalue weighted by molar-refractivity contribution is -0.128. The second kappa shape index (κ2) is 6.22. The largest absolute Gasteiger partial charge is 0.399 e. The maximum absolute atomic E-state index is 11.9. The normalized spacial score (nSPS) is 18.7. The highest BCUT2D eigenvalue weighted by Crippen LogP contribution is 2.11. The maximum Gasteiger partial charge on any atom is 0.224 e. The van der Waals surface area contributed by atoms with Crippen molar-refractivity contribution < 1.29 is 9.59 Å². The molecule has 0 spiro atoms. The third kappa shape index (κ3) is 3.98. The average Bonchev–Trinajstić information content (AvgIpc) is 2.41. The molecule has 5 nitrogen and oxygen atoms in total. The fraction of sp³-hybridized carbons (Fsp3) is 0.429. The Morgan fingerprint density at radius 2 is 2.11 bits per heavy atom. The number of nitrogens with one attached hydrogen (secondary N) is 2. The van der Waals surface area contributed by atoms with E-state index >= 15 is 0 Å². The standard InChI is InChI=1S/C14H19N3O2/c15-12-4-1-10(2-5-12)7-8-16-14(19)11-3-6-13(18)17-9-11/h1-2,4-5,11H,3,6-9,15H2,(H,16,19)(H,17,18). The molecule has 0 bridgehead atoms. The molecule has 0 aromatic heterocycles. The number of hydrogen-bond acceptors (Lipinski definition) is 3. The second-order valence-corrected chi connectivity index (χ2v) is 4.82. The lowest BCUT2D eigenvalue weighted by atomic mass is 9.98. The van der Waals surface area contributed by atoms with Crippen LogP contribution in [0.15, 0.2) is 24.3 Å². The molecule has 2 amide bonds. The highest BCUT2D eigenvalue weighted by Gasteiger charge is 2.23. The van der Waals surface area contributed by atoms with Crippen molar-refractivity contribution in [3.63, 3.8) is 0 Å². The van der Waals surface area contributed by atoms with E-state index in [1.807, 2.05) is 24.3 Å². The molecule has 0 saturated carbocycles. The second-order valence-electron chi connectivity index (χ2n) is 4.82. The SMILES string of the molecule is Nc1ccc(CCNC(=O)C2CCC(=O)NC2)cc1. The predicted octanol–water partition coefficient (Wildman–Crippen LogP) is 0.454. The van der Waals surface area contributed by atoms with E-state index in [0.29, 0.717) is 25.9 Å². The fourth-order valence-electron chi connectivity index (χ4n) is 2.12. The third-order valence-corrected chi connectivity index (χ3v) is 3.33. The number of carbonyl (C=O) groups excluding carboxylic acids is 2. The van der Waals surface area contributed by atoms with Crippen LogP contribution in [0, 0.1) is 5.92 Å². The fourth-order valence-corrected chi connectivity index (χ4v) is 2.12. The van der Waals surface area contributed by atoms with Crippen molar-refractivity contribution in [2.75, 3.05) is 18.8 Å². The van der Waals surface area contributed by atoms with E-state index in [1.54, 1.807) is 0 Å². The van der Waals surface area contributed by atoms with Crippen LogP contribution in [0.3, 0.4) is 0 Å². The van der Waals surface area contributed by atoms with E-state index in [-0.39, 0.29) is 17.7 Å². The number of nitrogen functional groups attached to an aromatic ring is 1. The Hall–Kier alpha value is -2.04. The lowest BCUT2D eigenvalue weighted by Crippen LogP contribution is -2.43. The minimum atomic E-state index is -0.0934. The van der Waals surface area contributed by atoms with Gasteiger partial charge in [0.15, 0.2) is 0 Å². The van der Waals surface area contributed by atoms with Gasteiger partial charge < -0.3 is 16.4 Å². The first-order chi connectivity index (χ1) is 9.15. The van der Waals surface area contributed by atoms with Crippen molar-refractivity contribution in [2.45, 2.75) is 19.3 Å². The van der Waals surface area contributed by atoms with Gasteiger partial charge in [0.25, 0.3) is 0 Å². The van der Waals surface area contributed by atoms with Crippen LogP contribution in [-0.4, -0.2) is 24.9 Å². The van der Waals surface area contributed by atoms with E-state index in [0.717, 1.165) is 17.7 Å². The number of nitrogens with two attached hydrogens (primary N) is 1. The molecule has 0 aliphatic carbocycles. The summed E-state index contributed by atoms with van der Waals surface area (Å²) in [6.45, 7) is 1.06. The monoisotopic (exact) mass is 261 g/mol. The number of hydrogen-bond donors (Lipinski definition) is 3. The lowest BCUT2D eigenvalue weighted by Gasteiger charge is -2.21. The molecule has 1 unspecified atom stereocenters. The molecular formula is C14H19N3O2. The van der Waals surface area contributed by atoms with E-state index in [1.165, 1.54) is 0 Å². The summed E-state index contributed by atoms with van der Waals surface area (Å²) in [4.78, 5) is 22.9. The molecule has 1 aromatic rings. The third-order valence-electron chi connectivity index (χ3n) is 3.33. The molecule has 1 saturated heterocycles. The molecule has 102 valence electrons. The Morgan fingerprint density at radius 1 is 1.37 bits per heavy atom. The van der Waals surface area contributed by atoms with Gasteiger partial charge in [-0.25, -0.2) is 0 Å². The van der Waals surface area contributed by atoms with Crippen molar-refractivity contribution in [2.24, 2.45) is 5.92 Å². The Kier molecular flexibility index (Phi) is 4.39. The summed E-state index contributed by atoms with van der Waals surface area (Å²) >= 11 is 0. The molecule has 19 heavy (non-hydrogen) atoms. The molecule has 5 heteroatoms. The molecule has 1 aromatic carbocycles. The summed E-state index contributed by atoms with van der Waals surface area (Å²) in [7, 11) is 0. The van der Waals surface area contributed by atoms with Gasteiger partial charge in [0, 0.05) is 25.2 Å². The van der Waals surface area contributed by atoms with E-state index < -0.39 is 0 Å². The molecule has 1 heterocycles. The first-order valence-corrected chi connectivity index (χ1v) is 6.54. The summed E-state index contributed by atoms with van der Waals surface area (Å²) < 4.78 is 0. The zero-order valence-corrected chi connectivity index (χ0v) is 10.8. The van der Waals surface area contributed by atoms with Crippen LogP contribution >= 0.6 is 0 Å². The van der Waals surface area contributed by atoms with Crippen molar-refractivity contribution in [1.29, 1.82) is 0 Å². The maximum atomic E-state index is 11.9. The van der Waals surface area contributed by atoms with Crippen LogP contribution in [0.2, 0.25) is 0 Å². The van der Waals surface area contributed by atoms with Gasteiger partial charge in [-0.1, -0.05) is 12.1 Å². The Balaban J connectivity index is 1.72. The van der Waals surface area contributed by atoms with Gasteiger partial charge in [0.05, 0.1) is 5.92 Å². The molecule has 1 aliphatic rings. The highest BCUT2D eigenvalue weighted by molar-refractivity contribution is 5.83. The number of rotatable bonds is 4. The zero-order chi connectivity index (χ0) is 13.7. The summed E-state index contributed by atoms with van der Waals surface area (Å²) in [5.74, 6) is -0.0366. The van der Waals surface area contributed by atoms with Gasteiger partial charge in [-0.15, -0.1) is 0 Å². The Labute approximate surface area is 112 Å². The molecule has 1 fully saturated rings. The van der Waals surface area contributed by atoms with E-state index in [9.17, 15) is 9.59 Å². The van der Waals surface area contributed by atoms with Crippen molar-refractivity contribution in [3.8, 4) is 0 Å². The highest BCUT2D eigenvalue weighted by atomic mass is 16.2. The molecular weight excluding hydrogens is 242 g/mol. The molecule has 0 radical (unpaired) electrons. The zero-order valence-electron chi connectivity index (χ0n) is 10.8. The summed E-state index contributed by atoms with van der Waals surface area (Å²) in [6.07, 6.45) is 1.86. The van der Waals surface area contributed by atoms with Crippen LogP contribution < -0.4 is 16.4 Å². The van der Waals surface area contributed by atoms with Crippen LogP contribution in [0.1, 0.15) is 18.4 Å². The Bertz CT molecular complexity index is 446. The smallest absolute Gasteiger partial charge is 0.224 e. The van der Waals surface area contributed by atoms with E-state index in [2.05, 4.69) is 10.6 Å². The summed E-state index contributed by atoms with van der Waals surface area (Å²) in [5.41, 5.74) is 7.49.